The minimum Gasteiger partial charge on any atom is -0.406 e. The molecule has 0 aliphatic heterocycles. The molecule has 0 spiro atoms. The molecule has 3 aromatic rings. The normalized spacial score (nSPS) is 12.6. The Balaban J connectivity index is 1.67. The van der Waals surface area contributed by atoms with Gasteiger partial charge in [0.05, 0.1) is 5.69 Å². The summed E-state index contributed by atoms with van der Waals surface area (Å²) < 4.78 is 41.9. The van der Waals surface area contributed by atoms with E-state index in [9.17, 15) is 18.1 Å². The SMILES string of the molecule is CC(Cc1ncn(-c2ccc(OC(F)(F)F)cc2)n1)c1ccc([NH+]=O)cc1. The second-order valence-corrected chi connectivity index (χ2v) is 5.98. The highest BCUT2D eigenvalue weighted by Crippen LogP contribution is 2.24. The van der Waals surface area contributed by atoms with Crippen molar-refractivity contribution in [2.45, 2.75) is 25.6 Å². The van der Waals surface area contributed by atoms with Crippen LogP contribution >= 0.6 is 0 Å². The van der Waals surface area contributed by atoms with Gasteiger partial charge in [0.2, 0.25) is 0 Å². The largest absolute Gasteiger partial charge is 0.573 e. The zero-order valence-electron chi connectivity index (χ0n) is 14.3. The van der Waals surface area contributed by atoms with Crippen molar-refractivity contribution in [1.82, 2.24) is 14.8 Å². The van der Waals surface area contributed by atoms with Crippen LogP contribution in [0.15, 0.2) is 54.9 Å². The lowest BCUT2D eigenvalue weighted by atomic mass is 9.97. The number of nitrogens with zero attached hydrogens (tertiary/aromatic N) is 3. The molecule has 0 aliphatic carbocycles. The Kier molecular flexibility index (Phi) is 5.20. The molecule has 0 amide bonds. The van der Waals surface area contributed by atoms with Crippen LogP contribution in [-0.4, -0.2) is 21.1 Å². The molecule has 0 bridgehead atoms. The van der Waals surface area contributed by atoms with Crippen LogP contribution in [0.25, 0.3) is 5.69 Å². The second-order valence-electron chi connectivity index (χ2n) is 5.98. The number of ether oxygens (including phenoxy) is 1. The number of hydrogen-bond acceptors (Lipinski definition) is 4. The fourth-order valence-corrected chi connectivity index (χ4v) is 2.59. The van der Waals surface area contributed by atoms with Gasteiger partial charge in [0, 0.05) is 28.6 Å². The average molecular weight is 377 g/mol. The molecule has 1 N–H and O–H groups in total. The van der Waals surface area contributed by atoms with Gasteiger partial charge in [-0.3, -0.25) is 0 Å². The van der Waals surface area contributed by atoms with E-state index in [4.69, 9.17) is 0 Å². The number of benzene rings is 2. The van der Waals surface area contributed by atoms with E-state index in [1.54, 1.807) is 12.1 Å². The van der Waals surface area contributed by atoms with Crippen molar-refractivity contribution >= 4 is 5.69 Å². The molecular formula is C18H16F3N4O2+. The Hall–Kier alpha value is -3.23. The van der Waals surface area contributed by atoms with Crippen LogP contribution in [0.2, 0.25) is 0 Å². The summed E-state index contributed by atoms with van der Waals surface area (Å²) >= 11 is 0. The van der Waals surface area contributed by atoms with Crippen molar-refractivity contribution in [2.75, 3.05) is 0 Å². The van der Waals surface area contributed by atoms with Gasteiger partial charge in [-0.25, -0.2) is 9.67 Å². The summed E-state index contributed by atoms with van der Waals surface area (Å²) in [7, 11) is 0. The molecule has 0 saturated heterocycles. The lowest BCUT2D eigenvalue weighted by Crippen LogP contribution is -2.55. The van der Waals surface area contributed by atoms with E-state index in [-0.39, 0.29) is 11.7 Å². The van der Waals surface area contributed by atoms with Gasteiger partial charge in [0.15, 0.2) is 5.82 Å². The number of halogens is 3. The molecule has 1 unspecified atom stereocenters. The Morgan fingerprint density at radius 2 is 1.78 bits per heavy atom. The number of rotatable bonds is 6. The smallest absolute Gasteiger partial charge is 0.406 e. The summed E-state index contributed by atoms with van der Waals surface area (Å²) in [5.74, 6) is 0.435. The molecule has 0 radical (unpaired) electrons. The van der Waals surface area contributed by atoms with Gasteiger partial charge >= 0.3 is 6.36 Å². The van der Waals surface area contributed by atoms with E-state index < -0.39 is 6.36 Å². The van der Waals surface area contributed by atoms with Crippen LogP contribution in [0.3, 0.4) is 0 Å². The van der Waals surface area contributed by atoms with Crippen LogP contribution in [0.4, 0.5) is 18.9 Å². The molecule has 0 saturated carbocycles. The van der Waals surface area contributed by atoms with Crippen LogP contribution in [0, 0.1) is 4.91 Å². The van der Waals surface area contributed by atoms with E-state index in [1.807, 2.05) is 24.2 Å². The molecule has 0 aliphatic rings. The molecule has 6 nitrogen and oxygen atoms in total. The van der Waals surface area contributed by atoms with Crippen molar-refractivity contribution in [3.8, 4) is 11.4 Å². The fourth-order valence-electron chi connectivity index (χ4n) is 2.59. The summed E-state index contributed by atoms with van der Waals surface area (Å²) in [5, 5.41) is 6.20. The number of nitrogens with one attached hydrogen (secondary N) is 1. The summed E-state index contributed by atoms with van der Waals surface area (Å²) in [4.78, 5) is 14.8. The molecule has 140 valence electrons. The minimum absolute atomic E-state index is 0.129. The summed E-state index contributed by atoms with van der Waals surface area (Å²) in [6.07, 6.45) is -2.64. The topological polar surface area (TPSA) is 71.0 Å². The first kappa shape index (κ1) is 18.6. The zero-order chi connectivity index (χ0) is 19.4. The predicted octanol–water partition coefficient (Wildman–Crippen LogP) is 2.99. The number of hydrogen-bond donors (Lipinski definition) is 1. The van der Waals surface area contributed by atoms with Gasteiger partial charge in [-0.05, 0) is 35.7 Å². The van der Waals surface area contributed by atoms with Crippen molar-refractivity contribution in [3.63, 3.8) is 0 Å². The Labute approximate surface area is 152 Å². The third-order valence-corrected chi connectivity index (χ3v) is 3.96. The molecular weight excluding hydrogens is 361 g/mol. The van der Waals surface area contributed by atoms with E-state index >= 15 is 0 Å². The third kappa shape index (κ3) is 4.90. The van der Waals surface area contributed by atoms with Crippen LogP contribution in [-0.2, 0) is 6.42 Å². The molecule has 27 heavy (non-hydrogen) atoms. The maximum Gasteiger partial charge on any atom is 0.573 e. The summed E-state index contributed by atoms with van der Waals surface area (Å²) in [5.41, 5.74) is 2.10. The van der Waals surface area contributed by atoms with Gasteiger partial charge in [0.25, 0.3) is 5.69 Å². The highest BCUT2D eigenvalue weighted by Gasteiger charge is 2.31. The molecule has 1 heterocycles. The predicted molar refractivity (Wildman–Crippen MR) is 90.6 cm³/mol. The van der Waals surface area contributed by atoms with Gasteiger partial charge in [-0.2, -0.15) is 5.10 Å². The quantitative estimate of drug-likeness (QED) is 0.717. The maximum absolute atomic E-state index is 12.2. The lowest BCUT2D eigenvalue weighted by Gasteiger charge is -2.09. The Morgan fingerprint density at radius 1 is 1.11 bits per heavy atom. The first-order valence-corrected chi connectivity index (χ1v) is 8.09. The highest BCUT2D eigenvalue weighted by molar-refractivity contribution is 5.36. The molecule has 2 aromatic carbocycles. The van der Waals surface area contributed by atoms with Crippen molar-refractivity contribution in [1.29, 1.82) is 0 Å². The first-order chi connectivity index (χ1) is 12.8. The van der Waals surface area contributed by atoms with Crippen molar-refractivity contribution in [2.24, 2.45) is 0 Å². The fraction of sp³-hybridized carbons (Fsp3) is 0.222. The third-order valence-electron chi connectivity index (χ3n) is 3.96. The first-order valence-electron chi connectivity index (χ1n) is 8.09. The summed E-state index contributed by atoms with van der Waals surface area (Å²) in [6, 6.07) is 12.5. The molecule has 3 rings (SSSR count). The Morgan fingerprint density at radius 3 is 2.37 bits per heavy atom. The highest BCUT2D eigenvalue weighted by atomic mass is 19.4. The second kappa shape index (κ2) is 7.56. The number of alkyl halides is 3. The van der Waals surface area contributed by atoms with E-state index in [0.717, 1.165) is 5.56 Å². The van der Waals surface area contributed by atoms with Crippen LogP contribution in [0.1, 0.15) is 24.2 Å². The molecule has 9 heteroatoms. The lowest BCUT2D eigenvalue weighted by molar-refractivity contribution is -0.379. The van der Waals surface area contributed by atoms with Crippen molar-refractivity contribution < 1.29 is 23.1 Å². The van der Waals surface area contributed by atoms with E-state index in [2.05, 4.69) is 14.8 Å². The zero-order valence-corrected chi connectivity index (χ0v) is 14.3. The maximum atomic E-state index is 12.2. The van der Waals surface area contributed by atoms with Gasteiger partial charge in [-0.15, -0.1) is 13.2 Å². The minimum atomic E-state index is -4.72. The van der Waals surface area contributed by atoms with Gasteiger partial charge in [0.1, 0.15) is 12.1 Å². The van der Waals surface area contributed by atoms with Crippen LogP contribution < -0.4 is 9.91 Å². The summed E-state index contributed by atoms with van der Waals surface area (Å²) in [6.45, 7) is 2.02. The van der Waals surface area contributed by atoms with E-state index in [0.29, 0.717) is 23.6 Å². The van der Waals surface area contributed by atoms with E-state index in [1.165, 1.54) is 35.3 Å². The average Bonchev–Trinajstić information content (AvgIpc) is 3.09. The molecule has 0 fully saturated rings. The molecule has 1 atom stereocenters. The Bertz CT molecular complexity index is 906. The molecule has 1 aromatic heterocycles. The van der Waals surface area contributed by atoms with Gasteiger partial charge in [-0.1, -0.05) is 19.1 Å². The van der Waals surface area contributed by atoms with Gasteiger partial charge < -0.3 is 4.74 Å². The van der Waals surface area contributed by atoms with Crippen molar-refractivity contribution in [3.05, 3.63) is 71.2 Å². The number of aromatic nitrogens is 3. The van der Waals surface area contributed by atoms with Crippen LogP contribution in [0.5, 0.6) is 5.75 Å². The number of nitroso groups, excluding NO2 is 1. The standard InChI is InChI=1S/C18H15F3N4O2/c1-12(13-2-4-14(24-26)5-3-13)10-17-22-11-25(23-17)15-6-8-16(9-7-15)27-18(19,20)21/h2-9,11-12H,10H2,1H3/p+1. The monoisotopic (exact) mass is 377 g/mol.